The van der Waals surface area contributed by atoms with Gasteiger partial charge in [-0.3, -0.25) is 10.1 Å². The van der Waals surface area contributed by atoms with Crippen LogP contribution in [-0.4, -0.2) is 49.6 Å². The molecule has 1 saturated carbocycles. The van der Waals surface area contributed by atoms with E-state index in [-0.39, 0.29) is 12.0 Å². The lowest BCUT2D eigenvalue weighted by molar-refractivity contribution is -0.151. The van der Waals surface area contributed by atoms with Crippen LogP contribution in [0.5, 0.6) is 0 Å². The highest BCUT2D eigenvalue weighted by molar-refractivity contribution is 7.99. The minimum absolute atomic E-state index is 0.141. The number of carbonyl (C=O) groups is 1. The van der Waals surface area contributed by atoms with E-state index in [1.54, 1.807) is 16.4 Å². The molecule has 1 fully saturated rings. The number of tetrazole rings is 1. The Morgan fingerprint density at radius 2 is 2.38 bits per heavy atom. The summed E-state index contributed by atoms with van der Waals surface area (Å²) in [5.74, 6) is -0.141. The van der Waals surface area contributed by atoms with Crippen molar-refractivity contribution < 1.29 is 9.53 Å². The Morgan fingerprint density at radius 3 is 2.95 bits per heavy atom. The van der Waals surface area contributed by atoms with Crippen LogP contribution in [0.2, 0.25) is 0 Å². The minimum Gasteiger partial charge on any atom is -0.465 e. The molecule has 2 atom stereocenters. The summed E-state index contributed by atoms with van der Waals surface area (Å²) in [4.78, 5) is 12.4. The van der Waals surface area contributed by atoms with Gasteiger partial charge in [0.25, 0.3) is 0 Å². The topological polar surface area (TPSA) is 81.9 Å². The maximum absolute atomic E-state index is 12.4. The molecule has 1 aromatic rings. The second kappa shape index (κ2) is 6.74. The predicted octanol–water partition coefficient (Wildman–Crippen LogP) is 1.15. The molecule has 8 heteroatoms. The summed E-state index contributed by atoms with van der Waals surface area (Å²) >= 11 is 1.63. The Kier molecular flexibility index (Phi) is 5.21. The highest BCUT2D eigenvalue weighted by Gasteiger charge is 2.47. The normalized spacial score (nSPS) is 25.5. The smallest absolute Gasteiger partial charge is 0.326 e. The van der Waals surface area contributed by atoms with E-state index in [0.29, 0.717) is 11.9 Å². The number of nitrogens with zero attached hydrogens (tertiary/aromatic N) is 4. The quantitative estimate of drug-likeness (QED) is 0.789. The van der Waals surface area contributed by atoms with Gasteiger partial charge >= 0.3 is 5.97 Å². The lowest BCUT2D eigenvalue weighted by Crippen LogP contribution is -2.54. The van der Waals surface area contributed by atoms with E-state index < -0.39 is 5.54 Å². The van der Waals surface area contributed by atoms with E-state index in [1.807, 2.05) is 27.8 Å². The van der Waals surface area contributed by atoms with Crippen molar-refractivity contribution in [2.24, 2.45) is 7.05 Å². The van der Waals surface area contributed by atoms with Crippen molar-refractivity contribution >= 4 is 17.7 Å². The van der Waals surface area contributed by atoms with Crippen molar-refractivity contribution in [2.75, 3.05) is 6.61 Å². The van der Waals surface area contributed by atoms with E-state index in [9.17, 15) is 4.79 Å². The van der Waals surface area contributed by atoms with Gasteiger partial charge in [-0.05, 0) is 50.5 Å². The van der Waals surface area contributed by atoms with Crippen molar-refractivity contribution in [3.8, 4) is 0 Å². The first kappa shape index (κ1) is 16.2. The van der Waals surface area contributed by atoms with Crippen LogP contribution in [0, 0.1) is 0 Å². The van der Waals surface area contributed by atoms with E-state index in [4.69, 9.17) is 4.74 Å². The fraction of sp³-hybridized carbons (Fsp3) is 0.846. The summed E-state index contributed by atoms with van der Waals surface area (Å²) in [6.07, 6.45) is 2.46. The van der Waals surface area contributed by atoms with Gasteiger partial charge in [-0.1, -0.05) is 11.8 Å². The van der Waals surface area contributed by atoms with E-state index in [0.717, 1.165) is 24.4 Å². The third-order valence-corrected chi connectivity index (χ3v) is 4.85. The number of esters is 1. The minimum atomic E-state index is -0.576. The van der Waals surface area contributed by atoms with Crippen LogP contribution >= 0.6 is 11.8 Å². The Balaban J connectivity index is 2.07. The molecule has 7 nitrogen and oxygen atoms in total. The number of thioether (sulfide) groups is 1. The van der Waals surface area contributed by atoms with Crippen LogP contribution < -0.4 is 5.32 Å². The second-order valence-corrected chi connectivity index (χ2v) is 6.94. The maximum atomic E-state index is 12.4. The van der Waals surface area contributed by atoms with Crippen molar-refractivity contribution in [3.63, 3.8) is 0 Å². The summed E-state index contributed by atoms with van der Waals surface area (Å²) in [6.45, 7) is 6.35. The van der Waals surface area contributed by atoms with Gasteiger partial charge in [0.05, 0.1) is 6.61 Å². The van der Waals surface area contributed by atoms with Gasteiger partial charge in [0.15, 0.2) is 0 Å². The number of hydrogen-bond acceptors (Lipinski definition) is 7. The second-order valence-electron chi connectivity index (χ2n) is 5.67. The van der Waals surface area contributed by atoms with Gasteiger partial charge in [-0.25, -0.2) is 4.68 Å². The van der Waals surface area contributed by atoms with Crippen molar-refractivity contribution in [2.45, 2.75) is 62.0 Å². The first-order valence-electron chi connectivity index (χ1n) is 7.31. The fourth-order valence-electron chi connectivity index (χ4n) is 2.77. The number of carbonyl (C=O) groups excluding carboxylic acids is 1. The summed E-state index contributed by atoms with van der Waals surface area (Å²) in [6, 6.07) is 0.231. The fourth-order valence-corrected chi connectivity index (χ4v) is 3.94. The molecular weight excluding hydrogens is 290 g/mol. The first-order chi connectivity index (χ1) is 9.97. The van der Waals surface area contributed by atoms with E-state index in [1.165, 1.54) is 0 Å². The van der Waals surface area contributed by atoms with Gasteiger partial charge in [0.1, 0.15) is 5.54 Å². The van der Waals surface area contributed by atoms with Crippen LogP contribution in [0.15, 0.2) is 5.16 Å². The molecule has 2 rings (SSSR count). The Morgan fingerprint density at radius 1 is 1.62 bits per heavy atom. The van der Waals surface area contributed by atoms with Crippen LogP contribution in [0.4, 0.5) is 0 Å². The lowest BCUT2D eigenvalue weighted by Gasteiger charge is -2.30. The molecule has 2 unspecified atom stereocenters. The van der Waals surface area contributed by atoms with Gasteiger partial charge in [-0.15, -0.1) is 5.10 Å². The van der Waals surface area contributed by atoms with Crippen molar-refractivity contribution in [1.29, 1.82) is 0 Å². The summed E-state index contributed by atoms with van der Waals surface area (Å²) in [7, 11) is 1.82. The van der Waals surface area contributed by atoms with E-state index in [2.05, 4.69) is 20.8 Å². The Labute approximate surface area is 129 Å². The van der Waals surface area contributed by atoms with Crippen LogP contribution in [-0.2, 0) is 16.6 Å². The number of hydrogen-bond donors (Lipinski definition) is 1. The zero-order valence-corrected chi connectivity index (χ0v) is 13.8. The molecule has 0 aromatic carbocycles. The van der Waals surface area contributed by atoms with Gasteiger partial charge in [0.2, 0.25) is 5.16 Å². The number of aryl methyl sites for hydroxylation is 1. The molecule has 1 aliphatic rings. The molecule has 21 heavy (non-hydrogen) atoms. The van der Waals surface area contributed by atoms with E-state index >= 15 is 0 Å². The summed E-state index contributed by atoms with van der Waals surface area (Å²) in [5.41, 5.74) is -0.576. The molecule has 0 amide bonds. The number of aromatic nitrogens is 4. The average Bonchev–Trinajstić information content (AvgIpc) is 2.98. The summed E-state index contributed by atoms with van der Waals surface area (Å²) in [5, 5.41) is 16.0. The molecule has 0 aliphatic heterocycles. The Hall–Kier alpha value is -1.15. The van der Waals surface area contributed by atoms with Gasteiger partial charge in [-0.2, -0.15) is 0 Å². The largest absolute Gasteiger partial charge is 0.465 e. The third-order valence-electron chi connectivity index (χ3n) is 3.55. The molecule has 1 N–H and O–H groups in total. The molecule has 0 radical (unpaired) electrons. The number of ether oxygens (including phenoxy) is 1. The monoisotopic (exact) mass is 313 g/mol. The molecular formula is C13H23N5O2S. The lowest BCUT2D eigenvalue weighted by atomic mass is 9.96. The summed E-state index contributed by atoms with van der Waals surface area (Å²) < 4.78 is 6.94. The molecule has 1 heterocycles. The molecule has 0 bridgehead atoms. The average molecular weight is 313 g/mol. The zero-order valence-electron chi connectivity index (χ0n) is 13.0. The van der Waals surface area contributed by atoms with Crippen molar-refractivity contribution in [3.05, 3.63) is 0 Å². The molecule has 1 aromatic heterocycles. The number of rotatable bonds is 6. The number of nitrogens with one attached hydrogen (secondary N) is 1. The maximum Gasteiger partial charge on any atom is 0.326 e. The van der Waals surface area contributed by atoms with Gasteiger partial charge < -0.3 is 4.74 Å². The molecule has 0 spiro atoms. The van der Waals surface area contributed by atoms with Crippen LogP contribution in [0.1, 0.15) is 40.0 Å². The predicted molar refractivity (Wildman–Crippen MR) is 79.9 cm³/mol. The zero-order chi connectivity index (χ0) is 15.5. The molecule has 0 saturated heterocycles. The van der Waals surface area contributed by atoms with Crippen molar-refractivity contribution in [1.82, 2.24) is 25.5 Å². The first-order valence-corrected chi connectivity index (χ1v) is 8.18. The standard InChI is InChI=1S/C13H23N5O2S/c1-5-20-11(19)13(14-9(2)3)7-6-10(8-13)21-12-15-16-17-18(12)4/h9-10,14H,5-8H2,1-4H3. The Bertz CT molecular complexity index is 493. The SMILES string of the molecule is CCOC(=O)C1(NC(C)C)CCC(Sc2nnnn2C)C1. The van der Waals surface area contributed by atoms with Crippen LogP contribution in [0.25, 0.3) is 0 Å². The third kappa shape index (κ3) is 3.74. The van der Waals surface area contributed by atoms with Gasteiger partial charge in [0, 0.05) is 18.3 Å². The highest BCUT2D eigenvalue weighted by atomic mass is 32.2. The molecule has 1 aliphatic carbocycles. The molecule has 118 valence electrons. The van der Waals surface area contributed by atoms with Crippen LogP contribution in [0.3, 0.4) is 0 Å². The highest BCUT2D eigenvalue weighted by Crippen LogP contribution is 2.40.